The first kappa shape index (κ1) is 32.2. The van der Waals surface area contributed by atoms with Crippen LogP contribution in [0.5, 0.6) is 0 Å². The van der Waals surface area contributed by atoms with Gasteiger partial charge < -0.3 is 0 Å². The molecule has 1 heterocycles. The molecule has 1 saturated carbocycles. The minimum Gasteiger partial charge on any atom is -0.208 e. The molecule has 0 atom stereocenters. The summed E-state index contributed by atoms with van der Waals surface area (Å²) < 4.78 is 0. The van der Waals surface area contributed by atoms with Crippen LogP contribution in [0.3, 0.4) is 0 Å². The summed E-state index contributed by atoms with van der Waals surface area (Å²) in [5, 5.41) is 0. The molecule has 0 saturated heterocycles. The van der Waals surface area contributed by atoms with Crippen molar-refractivity contribution in [3.05, 3.63) is 187 Å². The number of aromatic nitrogens is 3. The lowest BCUT2D eigenvalue weighted by Crippen LogP contribution is -2.27. The molecule has 1 aromatic heterocycles. The summed E-state index contributed by atoms with van der Waals surface area (Å²) in [6.07, 6.45) is 6.50. The molecule has 0 N–H and O–H groups in total. The Kier molecular flexibility index (Phi) is 8.06. The van der Waals surface area contributed by atoms with E-state index in [2.05, 4.69) is 115 Å². The maximum atomic E-state index is 4.90. The van der Waals surface area contributed by atoms with Gasteiger partial charge in [-0.3, -0.25) is 0 Å². The van der Waals surface area contributed by atoms with Crippen LogP contribution >= 0.6 is 0 Å². The van der Waals surface area contributed by atoms with E-state index in [1.54, 1.807) is 5.56 Å². The predicted molar refractivity (Wildman–Crippen MR) is 222 cm³/mol. The molecular formula is C51H39N3. The Labute approximate surface area is 317 Å². The molecule has 0 bridgehead atoms. The molecular weight excluding hydrogens is 655 g/mol. The Balaban J connectivity index is 0.921. The van der Waals surface area contributed by atoms with Crippen molar-refractivity contribution >= 4 is 0 Å². The van der Waals surface area contributed by atoms with E-state index in [1.807, 2.05) is 60.7 Å². The highest BCUT2D eigenvalue weighted by Gasteiger charge is 2.43. The van der Waals surface area contributed by atoms with Crippen LogP contribution in [0.1, 0.15) is 43.2 Å². The van der Waals surface area contributed by atoms with Gasteiger partial charge in [0.15, 0.2) is 17.5 Å². The maximum absolute atomic E-state index is 4.90. The average Bonchev–Trinajstić information content (AvgIpc) is 3.52. The summed E-state index contributed by atoms with van der Waals surface area (Å²) in [7, 11) is 0. The number of rotatable bonds is 6. The molecule has 54 heavy (non-hydrogen) atoms. The van der Waals surface area contributed by atoms with E-state index in [0.29, 0.717) is 17.5 Å². The van der Waals surface area contributed by atoms with Gasteiger partial charge in [0.05, 0.1) is 0 Å². The van der Waals surface area contributed by atoms with E-state index < -0.39 is 0 Å². The fraction of sp³-hybridized carbons (Fsp3) is 0.118. The van der Waals surface area contributed by atoms with Crippen LogP contribution in [0.15, 0.2) is 176 Å². The monoisotopic (exact) mass is 693 g/mol. The van der Waals surface area contributed by atoms with E-state index >= 15 is 0 Å². The van der Waals surface area contributed by atoms with Crippen LogP contribution < -0.4 is 0 Å². The number of hydrogen-bond donors (Lipinski definition) is 0. The SMILES string of the molecule is c1ccc(-c2nc(-c3ccccc3)nc(-c3ccc(-c4ccc(-c5cccc(-c6ccc7c(c6)-c6ccccc6C76CCCCC6)c5)cc4)cc3)n2)cc1. The van der Waals surface area contributed by atoms with Gasteiger partial charge in [0, 0.05) is 22.1 Å². The van der Waals surface area contributed by atoms with Gasteiger partial charge in [-0.1, -0.05) is 183 Å². The third-order valence-corrected chi connectivity index (χ3v) is 11.6. The van der Waals surface area contributed by atoms with Crippen LogP contribution in [-0.4, -0.2) is 15.0 Å². The minimum atomic E-state index is 0.192. The van der Waals surface area contributed by atoms with E-state index in [9.17, 15) is 0 Å². The summed E-state index contributed by atoms with van der Waals surface area (Å²) in [6.45, 7) is 0. The highest BCUT2D eigenvalue weighted by molar-refractivity contribution is 5.86. The lowest BCUT2D eigenvalue weighted by Gasteiger charge is -2.36. The topological polar surface area (TPSA) is 38.7 Å². The van der Waals surface area contributed by atoms with E-state index in [-0.39, 0.29) is 5.41 Å². The lowest BCUT2D eigenvalue weighted by atomic mass is 9.68. The molecule has 0 aliphatic heterocycles. The summed E-state index contributed by atoms with van der Waals surface area (Å²) in [5.41, 5.74) is 16.3. The van der Waals surface area contributed by atoms with Crippen molar-refractivity contribution < 1.29 is 0 Å². The van der Waals surface area contributed by atoms with Gasteiger partial charge in [-0.25, -0.2) is 15.0 Å². The molecule has 258 valence electrons. The van der Waals surface area contributed by atoms with Crippen molar-refractivity contribution in [2.24, 2.45) is 0 Å². The van der Waals surface area contributed by atoms with Crippen LogP contribution in [0.2, 0.25) is 0 Å². The Morgan fingerprint density at radius 1 is 0.296 bits per heavy atom. The molecule has 0 radical (unpaired) electrons. The average molecular weight is 694 g/mol. The molecule has 1 spiro atoms. The Hall–Kier alpha value is -6.45. The first-order valence-electron chi connectivity index (χ1n) is 19.1. The zero-order chi connectivity index (χ0) is 35.9. The Bertz CT molecular complexity index is 2550. The molecule has 1 fully saturated rings. The van der Waals surface area contributed by atoms with Gasteiger partial charge in [-0.2, -0.15) is 0 Å². The quantitative estimate of drug-likeness (QED) is 0.174. The smallest absolute Gasteiger partial charge is 0.164 e. The molecule has 7 aromatic carbocycles. The number of benzene rings is 7. The van der Waals surface area contributed by atoms with Gasteiger partial charge in [-0.15, -0.1) is 0 Å². The van der Waals surface area contributed by atoms with Crippen molar-refractivity contribution in [1.29, 1.82) is 0 Å². The van der Waals surface area contributed by atoms with Gasteiger partial charge in [0.1, 0.15) is 0 Å². The third-order valence-electron chi connectivity index (χ3n) is 11.6. The number of fused-ring (bicyclic) bond motifs is 5. The Morgan fingerprint density at radius 3 is 1.30 bits per heavy atom. The summed E-state index contributed by atoms with van der Waals surface area (Å²) in [5.74, 6) is 1.99. The summed E-state index contributed by atoms with van der Waals surface area (Å²) >= 11 is 0. The fourth-order valence-corrected chi connectivity index (χ4v) is 8.82. The molecule has 2 aliphatic carbocycles. The third kappa shape index (κ3) is 5.74. The second-order valence-electron chi connectivity index (χ2n) is 14.7. The highest BCUT2D eigenvalue weighted by Crippen LogP contribution is 2.56. The van der Waals surface area contributed by atoms with Crippen LogP contribution in [0.25, 0.3) is 78.7 Å². The zero-order valence-corrected chi connectivity index (χ0v) is 30.1. The van der Waals surface area contributed by atoms with E-state index in [4.69, 9.17) is 15.0 Å². The largest absolute Gasteiger partial charge is 0.208 e. The molecule has 10 rings (SSSR count). The lowest BCUT2D eigenvalue weighted by molar-refractivity contribution is 0.353. The normalized spacial score (nSPS) is 14.1. The molecule has 0 amide bonds. The maximum Gasteiger partial charge on any atom is 0.164 e. The van der Waals surface area contributed by atoms with E-state index in [0.717, 1.165) is 22.3 Å². The van der Waals surface area contributed by atoms with Gasteiger partial charge in [0.2, 0.25) is 0 Å². The van der Waals surface area contributed by atoms with Crippen LogP contribution in [-0.2, 0) is 5.41 Å². The molecule has 3 heteroatoms. The van der Waals surface area contributed by atoms with Crippen molar-refractivity contribution in [3.8, 4) is 78.7 Å². The number of hydrogen-bond acceptors (Lipinski definition) is 3. The Morgan fingerprint density at radius 2 is 0.704 bits per heavy atom. The predicted octanol–water partition coefficient (Wildman–Crippen LogP) is 13.1. The first-order valence-corrected chi connectivity index (χ1v) is 19.1. The first-order chi connectivity index (χ1) is 26.7. The fourth-order valence-electron chi connectivity index (χ4n) is 8.82. The van der Waals surface area contributed by atoms with E-state index in [1.165, 1.54) is 76.6 Å². The van der Waals surface area contributed by atoms with Gasteiger partial charge in [0.25, 0.3) is 0 Å². The number of nitrogens with zero attached hydrogens (tertiary/aromatic N) is 3. The molecule has 2 aliphatic rings. The van der Waals surface area contributed by atoms with Crippen molar-refractivity contribution in [1.82, 2.24) is 15.0 Å². The van der Waals surface area contributed by atoms with Crippen molar-refractivity contribution in [2.45, 2.75) is 37.5 Å². The summed E-state index contributed by atoms with van der Waals surface area (Å²) in [4.78, 5) is 14.6. The van der Waals surface area contributed by atoms with Gasteiger partial charge in [-0.05, 0) is 80.6 Å². The van der Waals surface area contributed by atoms with Gasteiger partial charge >= 0.3 is 0 Å². The van der Waals surface area contributed by atoms with Crippen LogP contribution in [0, 0.1) is 0 Å². The highest BCUT2D eigenvalue weighted by atomic mass is 15.0. The van der Waals surface area contributed by atoms with Crippen molar-refractivity contribution in [3.63, 3.8) is 0 Å². The molecule has 8 aromatic rings. The summed E-state index contributed by atoms with van der Waals surface area (Å²) in [6, 6.07) is 63.0. The molecule has 3 nitrogen and oxygen atoms in total. The molecule has 0 unspecified atom stereocenters. The van der Waals surface area contributed by atoms with Crippen molar-refractivity contribution in [2.75, 3.05) is 0 Å². The van der Waals surface area contributed by atoms with Crippen LogP contribution in [0.4, 0.5) is 0 Å². The minimum absolute atomic E-state index is 0.192. The zero-order valence-electron chi connectivity index (χ0n) is 30.1. The second kappa shape index (κ2) is 13.5. The second-order valence-corrected chi connectivity index (χ2v) is 14.7. The standard InChI is InChI=1S/C51H39N3/c1-4-13-38(14-5-1)48-52-49(39-15-6-2-7-16-39)54-50(53-48)40-27-25-36(26-28-40)35-21-23-37(24-22-35)41-17-12-18-42(33-41)43-29-30-47-45(34-43)44-19-8-9-20-46(44)51(47)31-10-3-11-32-51/h1-2,4-9,12-30,33-34H,3,10-11,31-32H2.